The number of Topliss-reactive ketones (excluding diaryl/α,β-unsaturated/α-hetero) is 1. The largest absolute Gasteiger partial charge is 0.489 e. The number of amides is 1. The number of nitrogens with zero attached hydrogens (tertiary/aromatic N) is 3. The Morgan fingerprint density at radius 3 is 2.59 bits per heavy atom. The Balaban J connectivity index is 1.93. The molecule has 0 aliphatic carbocycles. The number of carbonyl (C=O) groups excluding carboxylic acids is 2. The van der Waals surface area contributed by atoms with Gasteiger partial charge in [-0.25, -0.2) is 10.6 Å². The van der Waals surface area contributed by atoms with Crippen LogP contribution in [0.2, 0.25) is 0 Å². The molecular weight excluding hydrogens is 494 g/mol. The number of rotatable bonds is 9. The van der Waals surface area contributed by atoms with Crippen molar-refractivity contribution >= 4 is 34.8 Å². The van der Waals surface area contributed by atoms with E-state index in [2.05, 4.69) is 10.3 Å². The van der Waals surface area contributed by atoms with E-state index in [9.17, 15) is 9.59 Å². The number of methoxy groups -OCH3 is 1. The second kappa shape index (κ2) is 12.6. The minimum atomic E-state index is -0.720. The summed E-state index contributed by atoms with van der Waals surface area (Å²) in [6.07, 6.45) is 2.61. The molecule has 37 heavy (non-hydrogen) atoms. The van der Waals surface area contributed by atoms with Gasteiger partial charge in [-0.2, -0.15) is 0 Å². The van der Waals surface area contributed by atoms with E-state index in [1.165, 1.54) is 9.91 Å². The highest BCUT2D eigenvalue weighted by Crippen LogP contribution is 2.25. The molecule has 1 aromatic heterocycles. The summed E-state index contributed by atoms with van der Waals surface area (Å²) < 4.78 is 16.3. The van der Waals surface area contributed by atoms with Gasteiger partial charge in [-0.3, -0.25) is 14.7 Å². The van der Waals surface area contributed by atoms with Crippen molar-refractivity contribution in [2.75, 3.05) is 38.7 Å². The maximum Gasteiger partial charge on any atom is 0.411 e. The molecule has 3 N–H and O–H groups in total. The molecule has 0 saturated heterocycles. The third kappa shape index (κ3) is 7.97. The Kier molecular flexibility index (Phi) is 9.56. The van der Waals surface area contributed by atoms with E-state index in [1.807, 2.05) is 30.3 Å². The minimum absolute atomic E-state index is 0.0358. The summed E-state index contributed by atoms with van der Waals surface area (Å²) in [5.74, 6) is 6.72. The first-order valence-electron chi connectivity index (χ1n) is 11.8. The van der Waals surface area contributed by atoms with Gasteiger partial charge in [-0.1, -0.05) is 30.4 Å². The molecule has 0 atom stereocenters. The van der Waals surface area contributed by atoms with Crippen LogP contribution >= 0.6 is 12.2 Å². The highest BCUT2D eigenvalue weighted by atomic mass is 32.1. The van der Waals surface area contributed by atoms with Gasteiger partial charge in [0.15, 0.2) is 5.78 Å². The Hall–Kier alpha value is -3.54. The topological polar surface area (TPSA) is 119 Å². The molecule has 2 aromatic rings. The van der Waals surface area contributed by atoms with Crippen LogP contribution in [0.5, 0.6) is 5.75 Å². The molecule has 198 valence electrons. The Morgan fingerprint density at radius 1 is 1.19 bits per heavy atom. The number of benzene rings is 1. The van der Waals surface area contributed by atoms with Gasteiger partial charge in [0.1, 0.15) is 22.9 Å². The number of nitrogens with one attached hydrogen (secondary N) is 1. The zero-order valence-corrected chi connectivity index (χ0v) is 22.3. The molecule has 1 amide bonds. The zero-order chi connectivity index (χ0) is 27.0. The average molecular weight is 528 g/mol. The van der Waals surface area contributed by atoms with E-state index in [4.69, 9.17) is 32.3 Å². The summed E-state index contributed by atoms with van der Waals surface area (Å²) in [6, 6.07) is 11.1. The van der Waals surface area contributed by atoms with E-state index >= 15 is 0 Å². The second-order valence-corrected chi connectivity index (χ2v) is 9.76. The molecule has 2 heterocycles. The van der Waals surface area contributed by atoms with Crippen LogP contribution in [-0.4, -0.2) is 70.8 Å². The fourth-order valence-corrected chi connectivity index (χ4v) is 3.92. The number of nitrogens with two attached hydrogens (primary N) is 1. The summed E-state index contributed by atoms with van der Waals surface area (Å²) in [5.41, 5.74) is 1.38. The van der Waals surface area contributed by atoms with Gasteiger partial charge in [0, 0.05) is 24.6 Å². The van der Waals surface area contributed by atoms with Crippen LogP contribution in [0.1, 0.15) is 26.3 Å². The normalized spacial score (nSPS) is 13.9. The molecule has 1 aromatic carbocycles. The summed E-state index contributed by atoms with van der Waals surface area (Å²) in [6.45, 7) is 6.07. The minimum Gasteiger partial charge on any atom is -0.489 e. The van der Waals surface area contributed by atoms with Crippen LogP contribution < -0.4 is 15.9 Å². The molecular formula is C26H33N5O5S. The fourth-order valence-electron chi connectivity index (χ4n) is 3.58. The van der Waals surface area contributed by atoms with Crippen LogP contribution in [0, 0.1) is 0 Å². The Bertz CT molecular complexity index is 1150. The molecule has 1 aliphatic rings. The number of pyridine rings is 1. The summed E-state index contributed by atoms with van der Waals surface area (Å²) in [5, 5.41) is 4.51. The van der Waals surface area contributed by atoms with E-state index < -0.39 is 11.7 Å². The number of para-hydroxylation sites is 1. The number of thiocarbonyl (C=S) groups is 1. The average Bonchev–Trinajstić information content (AvgIpc) is 2.84. The van der Waals surface area contributed by atoms with Crippen molar-refractivity contribution in [3.8, 4) is 5.75 Å². The van der Waals surface area contributed by atoms with Gasteiger partial charge in [0.2, 0.25) is 0 Å². The van der Waals surface area contributed by atoms with Crippen molar-refractivity contribution in [3.05, 3.63) is 65.6 Å². The van der Waals surface area contributed by atoms with E-state index in [1.54, 1.807) is 46.3 Å². The number of aromatic nitrogens is 1. The van der Waals surface area contributed by atoms with Crippen LogP contribution in [-0.2, 0) is 20.8 Å². The maximum atomic E-state index is 13.3. The van der Waals surface area contributed by atoms with Crippen molar-refractivity contribution in [3.63, 3.8) is 0 Å². The first-order chi connectivity index (χ1) is 17.6. The van der Waals surface area contributed by atoms with Gasteiger partial charge >= 0.3 is 6.09 Å². The van der Waals surface area contributed by atoms with Crippen molar-refractivity contribution in [2.45, 2.75) is 32.9 Å². The van der Waals surface area contributed by atoms with Crippen molar-refractivity contribution in [2.24, 2.45) is 5.84 Å². The number of hydrogen-bond acceptors (Lipinski definition) is 9. The third-order valence-corrected chi connectivity index (χ3v) is 5.56. The highest BCUT2D eigenvalue weighted by Gasteiger charge is 2.35. The number of anilines is 1. The summed E-state index contributed by atoms with van der Waals surface area (Å²) in [4.78, 5) is 31.8. The molecule has 0 saturated carbocycles. The lowest BCUT2D eigenvalue weighted by Gasteiger charge is -2.35. The van der Waals surface area contributed by atoms with E-state index in [0.717, 1.165) is 11.3 Å². The van der Waals surface area contributed by atoms with Crippen molar-refractivity contribution in [1.29, 1.82) is 0 Å². The predicted molar refractivity (Wildman–Crippen MR) is 144 cm³/mol. The first-order valence-corrected chi connectivity index (χ1v) is 12.2. The Morgan fingerprint density at radius 2 is 1.92 bits per heavy atom. The molecule has 0 bridgehead atoms. The van der Waals surface area contributed by atoms with E-state index in [0.29, 0.717) is 24.7 Å². The summed E-state index contributed by atoms with van der Waals surface area (Å²) >= 11 is 5.63. The fraction of sp³-hybridized carbons (Fsp3) is 0.385. The Labute approximate surface area is 222 Å². The zero-order valence-electron chi connectivity index (χ0n) is 21.5. The third-order valence-electron chi connectivity index (χ3n) is 5.26. The SMILES string of the molecule is COCCOc1cnccc1CN(N)C1=C(C(=S)Nc2ccccc2)C(=O)CN(C(=O)OC(C)(C)C)C1. The van der Waals surface area contributed by atoms with E-state index in [-0.39, 0.29) is 36.0 Å². The van der Waals surface area contributed by atoms with Crippen LogP contribution in [0.3, 0.4) is 0 Å². The van der Waals surface area contributed by atoms with Gasteiger partial charge in [-0.15, -0.1) is 0 Å². The number of hydrazine groups is 1. The van der Waals surface area contributed by atoms with Crippen molar-refractivity contribution in [1.82, 2.24) is 14.9 Å². The maximum absolute atomic E-state index is 13.3. The smallest absolute Gasteiger partial charge is 0.411 e. The second-order valence-electron chi connectivity index (χ2n) is 9.35. The molecule has 10 nitrogen and oxygen atoms in total. The molecule has 0 radical (unpaired) electrons. The molecule has 11 heteroatoms. The quantitative estimate of drug-likeness (QED) is 0.218. The van der Waals surface area contributed by atoms with Crippen LogP contribution in [0.4, 0.5) is 10.5 Å². The molecule has 1 aliphatic heterocycles. The van der Waals surface area contributed by atoms with Crippen LogP contribution in [0.15, 0.2) is 60.1 Å². The molecule has 0 spiro atoms. The summed E-state index contributed by atoms with van der Waals surface area (Å²) in [7, 11) is 1.59. The van der Waals surface area contributed by atoms with Gasteiger partial charge in [0.05, 0.1) is 43.7 Å². The molecule has 0 fully saturated rings. The van der Waals surface area contributed by atoms with Crippen LogP contribution in [0.25, 0.3) is 0 Å². The van der Waals surface area contributed by atoms with Gasteiger partial charge < -0.3 is 24.5 Å². The predicted octanol–water partition coefficient (Wildman–Crippen LogP) is 3.30. The lowest BCUT2D eigenvalue weighted by Crippen LogP contribution is -2.50. The molecule has 0 unspecified atom stereocenters. The molecule has 3 rings (SSSR count). The number of ether oxygens (including phenoxy) is 3. The number of ketones is 1. The lowest BCUT2D eigenvalue weighted by molar-refractivity contribution is -0.117. The number of carbonyl (C=O) groups is 2. The van der Waals surface area contributed by atoms with Gasteiger partial charge in [0.25, 0.3) is 0 Å². The first kappa shape index (κ1) is 28.0. The number of hydrogen-bond donors (Lipinski definition) is 2. The monoisotopic (exact) mass is 527 g/mol. The standard InChI is InChI=1S/C26H33N5O5S/c1-26(2,3)36-25(33)30-16-20(23(21(32)17-30)24(37)29-19-8-6-5-7-9-19)31(27)15-18-10-11-28-14-22(18)35-13-12-34-4/h5-11,14H,12-13,15-17,27H2,1-4H3,(H,29,37). The highest BCUT2D eigenvalue weighted by molar-refractivity contribution is 7.81. The lowest BCUT2D eigenvalue weighted by atomic mass is 10.0. The van der Waals surface area contributed by atoms with Gasteiger partial charge in [-0.05, 0) is 39.0 Å². The van der Waals surface area contributed by atoms with Crippen molar-refractivity contribution < 1.29 is 23.8 Å².